The van der Waals surface area contributed by atoms with Gasteiger partial charge in [0.05, 0.1) is 28.9 Å². The number of aryl methyl sites for hydroxylation is 1. The molecule has 4 aromatic rings. The Morgan fingerprint density at radius 1 is 1.03 bits per heavy atom. The average Bonchev–Trinajstić information content (AvgIpc) is 3.48. The highest BCUT2D eigenvalue weighted by atomic mass is 32.1. The summed E-state index contributed by atoms with van der Waals surface area (Å²) in [7, 11) is 0. The largest absolute Gasteiger partial charge is 0.459 e. The molecule has 0 unspecified atom stereocenters. The van der Waals surface area contributed by atoms with Crippen molar-refractivity contribution in [1.29, 1.82) is 0 Å². The van der Waals surface area contributed by atoms with Gasteiger partial charge in [-0.2, -0.15) is 0 Å². The number of benzene rings is 2. The van der Waals surface area contributed by atoms with Gasteiger partial charge < -0.3 is 9.73 Å². The fourth-order valence-corrected chi connectivity index (χ4v) is 4.35. The fourth-order valence-electron chi connectivity index (χ4n) is 3.57. The second kappa shape index (κ2) is 7.90. The number of carbonyl (C=O) groups excluding carboxylic acids is 3. The van der Waals surface area contributed by atoms with E-state index in [4.69, 9.17) is 4.42 Å². The number of nitrogens with zero attached hydrogens (tertiary/aromatic N) is 2. The second-order valence-corrected chi connectivity index (χ2v) is 8.18. The van der Waals surface area contributed by atoms with Crippen LogP contribution in [-0.2, 0) is 11.2 Å². The van der Waals surface area contributed by atoms with Gasteiger partial charge >= 0.3 is 0 Å². The number of furan rings is 1. The quantitative estimate of drug-likeness (QED) is 0.452. The molecule has 1 aliphatic heterocycles. The Balaban J connectivity index is 1.30. The molecule has 0 saturated carbocycles. The lowest BCUT2D eigenvalue weighted by Gasteiger charge is -2.15. The number of hydrogen-bond donors (Lipinski definition) is 1. The zero-order valence-electron chi connectivity index (χ0n) is 17.0. The molecule has 0 bridgehead atoms. The minimum Gasteiger partial charge on any atom is -0.459 e. The first-order valence-electron chi connectivity index (χ1n) is 9.88. The SMILES string of the molecule is Cc1ccc(-c2nc(CC(=O)Nc3cccc(N4C(=O)c5ccccc5C4=O)c3)cs2)o1. The van der Waals surface area contributed by atoms with E-state index in [0.717, 1.165) is 10.7 Å². The van der Waals surface area contributed by atoms with Crippen LogP contribution in [0.2, 0.25) is 0 Å². The summed E-state index contributed by atoms with van der Waals surface area (Å²) in [5.41, 5.74) is 2.27. The Morgan fingerprint density at radius 2 is 1.78 bits per heavy atom. The molecule has 3 amide bonds. The smallest absolute Gasteiger partial charge is 0.266 e. The first kappa shape index (κ1) is 19.9. The van der Waals surface area contributed by atoms with Gasteiger partial charge in [-0.25, -0.2) is 9.88 Å². The second-order valence-electron chi connectivity index (χ2n) is 7.32. The maximum Gasteiger partial charge on any atom is 0.266 e. The molecule has 0 atom stereocenters. The van der Waals surface area contributed by atoms with Crippen LogP contribution >= 0.6 is 11.3 Å². The van der Waals surface area contributed by atoms with Crippen LogP contribution in [0.1, 0.15) is 32.2 Å². The Bertz CT molecular complexity index is 1340. The van der Waals surface area contributed by atoms with Crippen LogP contribution in [0.25, 0.3) is 10.8 Å². The van der Waals surface area contributed by atoms with E-state index in [1.165, 1.54) is 11.3 Å². The van der Waals surface area contributed by atoms with Crippen molar-refractivity contribution >= 4 is 40.4 Å². The van der Waals surface area contributed by atoms with Gasteiger partial charge in [-0.3, -0.25) is 14.4 Å². The number of carbonyl (C=O) groups is 3. The van der Waals surface area contributed by atoms with Crippen molar-refractivity contribution in [1.82, 2.24) is 4.98 Å². The van der Waals surface area contributed by atoms with E-state index in [-0.39, 0.29) is 24.1 Å². The average molecular weight is 443 g/mol. The minimum atomic E-state index is -0.378. The molecule has 0 fully saturated rings. The van der Waals surface area contributed by atoms with E-state index < -0.39 is 0 Å². The van der Waals surface area contributed by atoms with E-state index in [9.17, 15) is 14.4 Å². The summed E-state index contributed by atoms with van der Waals surface area (Å²) in [4.78, 5) is 43.6. The lowest BCUT2D eigenvalue weighted by atomic mass is 10.1. The van der Waals surface area contributed by atoms with Crippen LogP contribution in [-0.4, -0.2) is 22.7 Å². The number of hydrogen-bond acceptors (Lipinski definition) is 6. The van der Waals surface area contributed by atoms with Gasteiger partial charge in [-0.1, -0.05) is 18.2 Å². The number of anilines is 2. The van der Waals surface area contributed by atoms with Crippen LogP contribution in [0.3, 0.4) is 0 Å². The molecule has 158 valence electrons. The molecule has 7 nitrogen and oxygen atoms in total. The van der Waals surface area contributed by atoms with Crippen molar-refractivity contribution in [2.45, 2.75) is 13.3 Å². The first-order valence-corrected chi connectivity index (χ1v) is 10.8. The maximum atomic E-state index is 12.7. The highest BCUT2D eigenvalue weighted by Gasteiger charge is 2.36. The summed E-state index contributed by atoms with van der Waals surface area (Å²) >= 11 is 1.41. The van der Waals surface area contributed by atoms with E-state index in [1.807, 2.05) is 24.4 Å². The van der Waals surface area contributed by atoms with Crippen molar-refractivity contribution in [2.75, 3.05) is 10.2 Å². The fraction of sp³-hybridized carbons (Fsp3) is 0.0833. The molecule has 3 heterocycles. The highest BCUT2D eigenvalue weighted by Crippen LogP contribution is 2.30. The van der Waals surface area contributed by atoms with Crippen LogP contribution in [0, 0.1) is 6.92 Å². The summed E-state index contributed by atoms with van der Waals surface area (Å²) in [6.45, 7) is 1.86. The van der Waals surface area contributed by atoms with Crippen molar-refractivity contribution in [3.8, 4) is 10.8 Å². The molecular weight excluding hydrogens is 426 g/mol. The van der Waals surface area contributed by atoms with Gasteiger partial charge in [-0.05, 0) is 49.4 Å². The third-order valence-electron chi connectivity index (χ3n) is 5.03. The molecule has 2 aromatic carbocycles. The Morgan fingerprint density at radius 3 is 2.47 bits per heavy atom. The molecule has 5 rings (SSSR count). The van der Waals surface area contributed by atoms with Crippen LogP contribution in [0.15, 0.2) is 70.5 Å². The molecule has 1 aliphatic rings. The Hall–Kier alpha value is -4.04. The van der Waals surface area contributed by atoms with Gasteiger partial charge in [0.25, 0.3) is 11.8 Å². The van der Waals surface area contributed by atoms with E-state index in [2.05, 4.69) is 10.3 Å². The van der Waals surface area contributed by atoms with Gasteiger partial charge in [0.15, 0.2) is 10.8 Å². The Kier molecular flexibility index (Phi) is 4.91. The van der Waals surface area contributed by atoms with Gasteiger partial charge in [0, 0.05) is 11.1 Å². The number of fused-ring (bicyclic) bond motifs is 1. The zero-order valence-corrected chi connectivity index (χ0v) is 17.8. The van der Waals surface area contributed by atoms with Crippen molar-refractivity contribution in [2.24, 2.45) is 0 Å². The van der Waals surface area contributed by atoms with Crippen molar-refractivity contribution in [3.63, 3.8) is 0 Å². The Labute approximate surface area is 187 Å². The third kappa shape index (κ3) is 3.61. The topological polar surface area (TPSA) is 92.5 Å². The molecule has 0 radical (unpaired) electrons. The normalized spacial score (nSPS) is 12.8. The zero-order chi connectivity index (χ0) is 22.2. The van der Waals surface area contributed by atoms with Gasteiger partial charge in [0.1, 0.15) is 5.76 Å². The number of rotatable bonds is 5. The lowest BCUT2D eigenvalue weighted by Crippen LogP contribution is -2.29. The van der Waals surface area contributed by atoms with Gasteiger partial charge in [0.2, 0.25) is 5.91 Å². The molecular formula is C24H17N3O4S. The summed E-state index contributed by atoms with van der Waals surface area (Å²) in [6, 6.07) is 17.1. The molecule has 0 spiro atoms. The predicted molar refractivity (Wildman–Crippen MR) is 121 cm³/mol. The number of thiazole rings is 1. The predicted octanol–water partition coefficient (Wildman–Crippen LogP) is 4.69. The van der Waals surface area contributed by atoms with Crippen molar-refractivity contribution < 1.29 is 18.8 Å². The highest BCUT2D eigenvalue weighted by molar-refractivity contribution is 7.13. The molecule has 1 N–H and O–H groups in total. The summed E-state index contributed by atoms with van der Waals surface area (Å²) in [6.07, 6.45) is 0.0907. The maximum absolute atomic E-state index is 12.7. The number of aromatic nitrogens is 1. The summed E-state index contributed by atoms with van der Waals surface area (Å²) in [5, 5.41) is 5.35. The summed E-state index contributed by atoms with van der Waals surface area (Å²) in [5.74, 6) is 0.465. The third-order valence-corrected chi connectivity index (χ3v) is 5.93. The lowest BCUT2D eigenvalue weighted by molar-refractivity contribution is -0.115. The van der Waals surface area contributed by atoms with Crippen LogP contribution in [0.4, 0.5) is 11.4 Å². The van der Waals surface area contributed by atoms with E-state index >= 15 is 0 Å². The number of amides is 3. The molecule has 0 aliphatic carbocycles. The monoisotopic (exact) mass is 443 g/mol. The molecule has 2 aromatic heterocycles. The number of nitrogens with one attached hydrogen (secondary N) is 1. The molecule has 8 heteroatoms. The summed E-state index contributed by atoms with van der Waals surface area (Å²) < 4.78 is 5.57. The van der Waals surface area contributed by atoms with E-state index in [0.29, 0.717) is 39.0 Å². The molecule has 32 heavy (non-hydrogen) atoms. The molecule has 0 saturated heterocycles. The van der Waals surface area contributed by atoms with Crippen LogP contribution < -0.4 is 10.2 Å². The minimum absolute atomic E-state index is 0.0907. The van der Waals surface area contributed by atoms with Gasteiger partial charge in [-0.15, -0.1) is 11.3 Å². The first-order chi connectivity index (χ1) is 15.5. The standard InChI is InChI=1S/C24H17N3O4S/c1-14-9-10-20(31-14)22-26-16(13-32-22)12-21(28)25-15-5-4-6-17(11-15)27-23(29)18-7-2-3-8-19(18)24(27)30/h2-11,13H,12H2,1H3,(H,25,28). The van der Waals surface area contributed by atoms with E-state index in [1.54, 1.807) is 48.5 Å². The van der Waals surface area contributed by atoms with Crippen LogP contribution in [0.5, 0.6) is 0 Å². The number of imide groups is 1. The van der Waals surface area contributed by atoms with Crippen molar-refractivity contribution in [3.05, 3.63) is 88.6 Å².